The molecule has 1 saturated carbocycles. The molecule has 0 unspecified atom stereocenters. The number of benzene rings is 1. The highest BCUT2D eigenvalue weighted by Gasteiger charge is 2.35. The molecular weight excluding hydrogens is 322 g/mol. The van der Waals surface area contributed by atoms with E-state index in [-0.39, 0.29) is 25.0 Å². The molecule has 1 aliphatic heterocycles. The Morgan fingerprint density at radius 1 is 1.20 bits per heavy atom. The van der Waals surface area contributed by atoms with Gasteiger partial charge in [0.05, 0.1) is 0 Å². The highest BCUT2D eigenvalue weighted by molar-refractivity contribution is 6.39. The van der Waals surface area contributed by atoms with Crippen molar-refractivity contribution >= 4 is 29.1 Å². The number of aliphatic hydroxyl groups is 1. The Bertz CT molecular complexity index is 685. The lowest BCUT2D eigenvalue weighted by molar-refractivity contribution is -0.136. The molecule has 1 aromatic rings. The number of aryl methyl sites for hydroxylation is 1. The average molecular weight is 345 g/mol. The zero-order valence-corrected chi connectivity index (χ0v) is 14.1. The van der Waals surface area contributed by atoms with E-state index in [0.29, 0.717) is 18.7 Å². The summed E-state index contributed by atoms with van der Waals surface area (Å²) in [6, 6.07) is 5.43. The zero-order chi connectivity index (χ0) is 17.8. The first-order valence-electron chi connectivity index (χ1n) is 8.74. The number of hydrogen-bond donors (Lipinski definition) is 3. The summed E-state index contributed by atoms with van der Waals surface area (Å²) in [7, 11) is 0. The van der Waals surface area contributed by atoms with Crippen LogP contribution in [0.15, 0.2) is 18.2 Å². The number of nitrogens with one attached hydrogen (secondary N) is 2. The molecule has 134 valence electrons. The molecule has 1 fully saturated rings. The Morgan fingerprint density at radius 3 is 2.72 bits per heavy atom. The van der Waals surface area contributed by atoms with E-state index < -0.39 is 11.8 Å². The summed E-state index contributed by atoms with van der Waals surface area (Å²) in [5.41, 5.74) is 2.42. The van der Waals surface area contributed by atoms with Crippen LogP contribution in [-0.2, 0) is 20.8 Å². The number of fused-ring (bicyclic) bond motifs is 1. The van der Waals surface area contributed by atoms with Crippen LogP contribution < -0.4 is 15.5 Å². The minimum atomic E-state index is -0.756. The number of rotatable bonds is 5. The summed E-state index contributed by atoms with van der Waals surface area (Å²) < 4.78 is 0. The predicted molar refractivity (Wildman–Crippen MR) is 93.2 cm³/mol. The predicted octanol–water partition coefficient (Wildman–Crippen LogP) is 0.813. The van der Waals surface area contributed by atoms with E-state index in [2.05, 4.69) is 10.6 Å². The van der Waals surface area contributed by atoms with Gasteiger partial charge in [0.15, 0.2) is 0 Å². The van der Waals surface area contributed by atoms with Crippen molar-refractivity contribution < 1.29 is 19.5 Å². The summed E-state index contributed by atoms with van der Waals surface area (Å²) in [4.78, 5) is 37.9. The van der Waals surface area contributed by atoms with Crippen LogP contribution in [0.5, 0.6) is 0 Å². The van der Waals surface area contributed by atoms with Crippen LogP contribution in [-0.4, -0.2) is 42.5 Å². The molecule has 7 heteroatoms. The molecule has 1 aromatic carbocycles. The Hall–Kier alpha value is -2.41. The van der Waals surface area contributed by atoms with Gasteiger partial charge in [-0.15, -0.1) is 0 Å². The standard InChI is InChI=1S/C18H23N3O4/c22-10-2-8-19-16(23)17(24)20-14-7-6-12-3-1-9-21(15(12)11-14)18(25)13-4-5-13/h6-7,11,13,22H,1-5,8-10H2,(H,19,23)(H,20,24). The van der Waals surface area contributed by atoms with Crippen molar-refractivity contribution in [1.82, 2.24) is 5.32 Å². The van der Waals surface area contributed by atoms with Crippen molar-refractivity contribution in [3.05, 3.63) is 23.8 Å². The molecule has 0 saturated heterocycles. The summed E-state index contributed by atoms with van der Waals surface area (Å²) in [6.07, 6.45) is 4.14. The largest absolute Gasteiger partial charge is 0.396 e. The normalized spacial score (nSPS) is 16.1. The van der Waals surface area contributed by atoms with Crippen LogP contribution in [0.25, 0.3) is 0 Å². The maximum absolute atomic E-state index is 12.5. The first-order chi connectivity index (χ1) is 12.1. The smallest absolute Gasteiger partial charge is 0.313 e. The number of carbonyl (C=O) groups excluding carboxylic acids is 3. The third-order valence-corrected chi connectivity index (χ3v) is 4.48. The van der Waals surface area contributed by atoms with E-state index in [1.165, 1.54) is 0 Å². The van der Waals surface area contributed by atoms with Crippen LogP contribution in [0.3, 0.4) is 0 Å². The molecule has 3 N–H and O–H groups in total. The first-order valence-corrected chi connectivity index (χ1v) is 8.74. The fourth-order valence-corrected chi connectivity index (χ4v) is 2.98. The van der Waals surface area contributed by atoms with Gasteiger partial charge >= 0.3 is 11.8 Å². The van der Waals surface area contributed by atoms with Crippen molar-refractivity contribution in [3.8, 4) is 0 Å². The second-order valence-electron chi connectivity index (χ2n) is 6.50. The number of anilines is 2. The van der Waals surface area contributed by atoms with E-state index in [1.807, 2.05) is 11.0 Å². The molecule has 3 rings (SSSR count). The SMILES string of the molecule is O=C(NCCCO)C(=O)Nc1ccc2c(c1)N(C(=O)C1CC1)CCC2. The average Bonchev–Trinajstić information content (AvgIpc) is 3.45. The molecular formula is C18H23N3O4. The van der Waals surface area contributed by atoms with E-state index in [1.54, 1.807) is 12.1 Å². The topological polar surface area (TPSA) is 98.7 Å². The maximum Gasteiger partial charge on any atom is 0.313 e. The van der Waals surface area contributed by atoms with Gasteiger partial charge in [-0.25, -0.2) is 0 Å². The number of amides is 3. The fourth-order valence-electron chi connectivity index (χ4n) is 2.98. The zero-order valence-electron chi connectivity index (χ0n) is 14.1. The fraction of sp³-hybridized carbons (Fsp3) is 0.500. The molecule has 25 heavy (non-hydrogen) atoms. The van der Waals surface area contributed by atoms with Gasteiger partial charge in [0, 0.05) is 37.0 Å². The highest BCUT2D eigenvalue weighted by atomic mass is 16.3. The third-order valence-electron chi connectivity index (χ3n) is 4.48. The van der Waals surface area contributed by atoms with Gasteiger partial charge in [-0.1, -0.05) is 6.07 Å². The lowest BCUT2D eigenvalue weighted by Gasteiger charge is -2.30. The molecule has 7 nitrogen and oxygen atoms in total. The molecule has 2 aliphatic rings. The number of aliphatic hydroxyl groups excluding tert-OH is 1. The van der Waals surface area contributed by atoms with Gasteiger partial charge in [0.25, 0.3) is 0 Å². The van der Waals surface area contributed by atoms with Gasteiger partial charge in [0.1, 0.15) is 0 Å². The first kappa shape index (κ1) is 17.4. The van der Waals surface area contributed by atoms with Gasteiger partial charge in [-0.2, -0.15) is 0 Å². The van der Waals surface area contributed by atoms with Crippen molar-refractivity contribution in [2.45, 2.75) is 32.1 Å². The van der Waals surface area contributed by atoms with E-state index in [9.17, 15) is 14.4 Å². The lowest BCUT2D eigenvalue weighted by Crippen LogP contribution is -2.37. The summed E-state index contributed by atoms with van der Waals surface area (Å²) in [5, 5.41) is 13.7. The molecule has 1 aliphatic carbocycles. The third kappa shape index (κ3) is 4.17. The number of carbonyl (C=O) groups is 3. The Morgan fingerprint density at radius 2 is 2.00 bits per heavy atom. The lowest BCUT2D eigenvalue weighted by atomic mass is 10.0. The molecule has 0 atom stereocenters. The van der Waals surface area contributed by atoms with Gasteiger partial charge in [-0.05, 0) is 49.8 Å². The highest BCUT2D eigenvalue weighted by Crippen LogP contribution is 2.36. The molecule has 1 heterocycles. The van der Waals surface area contributed by atoms with Crippen molar-refractivity contribution in [2.24, 2.45) is 5.92 Å². The molecule has 3 amide bonds. The molecule has 0 aromatic heterocycles. The molecule has 0 bridgehead atoms. The summed E-state index contributed by atoms with van der Waals surface area (Å²) in [5.74, 6) is -1.20. The Balaban J connectivity index is 1.69. The second kappa shape index (κ2) is 7.65. The quantitative estimate of drug-likeness (QED) is 0.543. The van der Waals surface area contributed by atoms with Gasteiger partial charge in [0.2, 0.25) is 5.91 Å². The summed E-state index contributed by atoms with van der Waals surface area (Å²) in [6.45, 7) is 0.898. The van der Waals surface area contributed by atoms with Gasteiger partial charge in [-0.3, -0.25) is 14.4 Å². The Kier molecular flexibility index (Phi) is 5.33. The van der Waals surface area contributed by atoms with Crippen molar-refractivity contribution in [3.63, 3.8) is 0 Å². The number of hydrogen-bond acceptors (Lipinski definition) is 4. The van der Waals surface area contributed by atoms with E-state index in [4.69, 9.17) is 5.11 Å². The van der Waals surface area contributed by atoms with Crippen molar-refractivity contribution in [1.29, 1.82) is 0 Å². The maximum atomic E-state index is 12.5. The van der Waals surface area contributed by atoms with Crippen LogP contribution in [0, 0.1) is 5.92 Å². The van der Waals surface area contributed by atoms with Crippen LogP contribution in [0.1, 0.15) is 31.2 Å². The van der Waals surface area contributed by atoms with Crippen LogP contribution in [0.2, 0.25) is 0 Å². The minimum Gasteiger partial charge on any atom is -0.396 e. The molecule has 0 radical (unpaired) electrons. The number of nitrogens with zero attached hydrogens (tertiary/aromatic N) is 1. The van der Waals surface area contributed by atoms with E-state index in [0.717, 1.165) is 36.9 Å². The van der Waals surface area contributed by atoms with E-state index >= 15 is 0 Å². The van der Waals surface area contributed by atoms with Crippen molar-refractivity contribution in [2.75, 3.05) is 29.9 Å². The monoisotopic (exact) mass is 345 g/mol. The van der Waals surface area contributed by atoms with Gasteiger partial charge < -0.3 is 20.6 Å². The second-order valence-corrected chi connectivity index (χ2v) is 6.50. The van der Waals surface area contributed by atoms with Crippen LogP contribution in [0.4, 0.5) is 11.4 Å². The summed E-state index contributed by atoms with van der Waals surface area (Å²) >= 11 is 0. The Labute approximate surface area is 146 Å². The molecule has 0 spiro atoms. The minimum absolute atomic E-state index is 0.0441. The van der Waals surface area contributed by atoms with Crippen LogP contribution >= 0.6 is 0 Å².